The van der Waals surface area contributed by atoms with E-state index in [-0.39, 0.29) is 10.8 Å². The fourth-order valence-corrected chi connectivity index (χ4v) is 7.42. The average molecular weight is 488 g/mol. The molecule has 3 aliphatic rings. The fraction of sp³-hybridized carbons (Fsp3) is 0.389. The molecule has 1 heteroatoms. The minimum absolute atomic E-state index is 0.00924. The smallest absolute Gasteiger partial charge is 0.0416 e. The van der Waals surface area contributed by atoms with Crippen molar-refractivity contribution in [1.29, 1.82) is 0 Å². The van der Waals surface area contributed by atoms with Crippen molar-refractivity contribution in [1.82, 2.24) is 0 Å². The Balaban J connectivity index is 1.49. The van der Waals surface area contributed by atoms with Crippen LogP contribution in [0.15, 0.2) is 78.4 Å². The molecule has 37 heavy (non-hydrogen) atoms. The van der Waals surface area contributed by atoms with E-state index in [1.165, 1.54) is 69.6 Å². The predicted octanol–water partition coefficient (Wildman–Crippen LogP) is 10.1. The lowest BCUT2D eigenvalue weighted by atomic mass is 9.78. The molecule has 0 spiro atoms. The second kappa shape index (κ2) is 8.76. The Labute approximate surface area is 223 Å². The largest absolute Gasteiger partial charge is 0.338 e. The van der Waals surface area contributed by atoms with Crippen molar-refractivity contribution in [2.75, 3.05) is 4.90 Å². The van der Waals surface area contributed by atoms with Gasteiger partial charge in [-0.15, -0.1) is 0 Å². The van der Waals surface area contributed by atoms with Gasteiger partial charge < -0.3 is 4.90 Å². The van der Waals surface area contributed by atoms with Gasteiger partial charge in [-0.1, -0.05) is 102 Å². The van der Waals surface area contributed by atoms with E-state index in [9.17, 15) is 0 Å². The molecule has 0 amide bonds. The topological polar surface area (TPSA) is 3.24 Å². The highest BCUT2D eigenvalue weighted by atomic mass is 15.2. The molecule has 0 saturated heterocycles. The maximum atomic E-state index is 2.66. The second-order valence-corrected chi connectivity index (χ2v) is 12.3. The fourth-order valence-electron chi connectivity index (χ4n) is 7.42. The molecule has 0 fully saturated rings. The summed E-state index contributed by atoms with van der Waals surface area (Å²) in [7, 11) is 0. The van der Waals surface area contributed by atoms with Crippen LogP contribution in [-0.2, 0) is 10.8 Å². The summed E-state index contributed by atoms with van der Waals surface area (Å²) in [6.07, 6.45) is 10.6. The summed E-state index contributed by atoms with van der Waals surface area (Å²) >= 11 is 0. The summed E-state index contributed by atoms with van der Waals surface area (Å²) in [5.41, 5.74) is 14.5. The molecule has 1 atom stereocenters. The molecule has 3 aromatic rings. The maximum absolute atomic E-state index is 2.66. The monoisotopic (exact) mass is 487 g/mol. The molecule has 1 nitrogen and oxygen atoms in total. The third-order valence-electron chi connectivity index (χ3n) is 9.47. The van der Waals surface area contributed by atoms with E-state index in [4.69, 9.17) is 0 Å². The number of nitrogens with zero attached hydrogens (tertiary/aromatic N) is 1. The highest BCUT2D eigenvalue weighted by Crippen LogP contribution is 2.53. The summed E-state index contributed by atoms with van der Waals surface area (Å²) in [6.45, 7) is 14.3. The molecule has 0 saturated carbocycles. The highest BCUT2D eigenvalue weighted by Gasteiger charge is 2.39. The second-order valence-electron chi connectivity index (χ2n) is 12.3. The van der Waals surface area contributed by atoms with Gasteiger partial charge in [0.05, 0.1) is 0 Å². The van der Waals surface area contributed by atoms with Gasteiger partial charge in [-0.05, 0) is 88.9 Å². The summed E-state index contributed by atoms with van der Waals surface area (Å²) in [5.74, 6) is 0. The van der Waals surface area contributed by atoms with Crippen LogP contribution in [0.4, 0.5) is 11.4 Å². The molecule has 0 bridgehead atoms. The van der Waals surface area contributed by atoms with Crippen LogP contribution in [0.5, 0.6) is 0 Å². The molecule has 0 radical (unpaired) electrons. The van der Waals surface area contributed by atoms with Crippen LogP contribution in [0, 0.1) is 0 Å². The van der Waals surface area contributed by atoms with Gasteiger partial charge in [-0.2, -0.15) is 0 Å². The van der Waals surface area contributed by atoms with Gasteiger partial charge in [0.1, 0.15) is 0 Å². The third-order valence-corrected chi connectivity index (χ3v) is 9.47. The van der Waals surface area contributed by atoms with E-state index in [0.29, 0.717) is 6.04 Å². The lowest BCUT2D eigenvalue weighted by molar-refractivity contribution is 0.570. The number of anilines is 2. The van der Waals surface area contributed by atoms with E-state index in [1.807, 2.05) is 0 Å². The highest BCUT2D eigenvalue weighted by molar-refractivity contribution is 5.88. The van der Waals surface area contributed by atoms with Gasteiger partial charge in [0.15, 0.2) is 0 Å². The first kappa shape index (κ1) is 24.3. The van der Waals surface area contributed by atoms with Crippen molar-refractivity contribution in [3.05, 3.63) is 101 Å². The number of hydrogen-bond acceptors (Lipinski definition) is 1. The first-order valence-electron chi connectivity index (χ1n) is 14.4. The van der Waals surface area contributed by atoms with Crippen molar-refractivity contribution in [3.8, 4) is 11.1 Å². The molecule has 3 aromatic carbocycles. The van der Waals surface area contributed by atoms with Crippen molar-refractivity contribution >= 4 is 16.9 Å². The van der Waals surface area contributed by atoms with Gasteiger partial charge in [0, 0.05) is 28.2 Å². The van der Waals surface area contributed by atoms with Crippen LogP contribution in [0.2, 0.25) is 0 Å². The van der Waals surface area contributed by atoms with Gasteiger partial charge in [-0.25, -0.2) is 0 Å². The average Bonchev–Trinajstić information content (AvgIpc) is 3.28. The minimum atomic E-state index is 0.00924. The van der Waals surface area contributed by atoms with Gasteiger partial charge in [-0.3, -0.25) is 0 Å². The van der Waals surface area contributed by atoms with Crippen molar-refractivity contribution in [2.45, 2.75) is 90.5 Å². The summed E-state index contributed by atoms with van der Waals surface area (Å²) in [5, 5.41) is 0. The molecule has 0 N–H and O–H groups in total. The zero-order valence-corrected chi connectivity index (χ0v) is 23.5. The Morgan fingerprint density at radius 1 is 0.757 bits per heavy atom. The standard InChI is InChI=1S/C36H41N/c1-7-13-24(8-2)37(25-18-20-29-27-14-9-11-16-31(27)35(3,4)33(29)22-25)26-19-21-30-28-15-10-12-17-32(28)36(5,6)34(30)23-26/h9-11,14-16,18-24H,7-8,12-13,17H2,1-6H3. The predicted molar refractivity (Wildman–Crippen MR) is 160 cm³/mol. The lowest BCUT2D eigenvalue weighted by Gasteiger charge is -2.35. The van der Waals surface area contributed by atoms with Crippen LogP contribution in [0.25, 0.3) is 16.7 Å². The van der Waals surface area contributed by atoms with Crippen LogP contribution in [-0.4, -0.2) is 6.04 Å². The summed E-state index contributed by atoms with van der Waals surface area (Å²) in [6, 6.07) is 24.0. The van der Waals surface area contributed by atoms with E-state index in [2.05, 4.69) is 119 Å². The van der Waals surface area contributed by atoms with Crippen LogP contribution in [0.3, 0.4) is 0 Å². The van der Waals surface area contributed by atoms with E-state index in [1.54, 1.807) is 5.57 Å². The van der Waals surface area contributed by atoms with E-state index in [0.717, 1.165) is 12.8 Å². The first-order valence-corrected chi connectivity index (χ1v) is 14.4. The number of rotatable bonds is 6. The molecule has 1 unspecified atom stereocenters. The lowest BCUT2D eigenvalue weighted by Crippen LogP contribution is -2.31. The van der Waals surface area contributed by atoms with E-state index < -0.39 is 0 Å². The Hall–Kier alpha value is -3.06. The Bertz CT molecular complexity index is 1430. The first-order chi connectivity index (χ1) is 17.8. The molecular weight excluding hydrogens is 446 g/mol. The van der Waals surface area contributed by atoms with Crippen LogP contribution >= 0.6 is 0 Å². The number of benzene rings is 3. The van der Waals surface area contributed by atoms with Crippen LogP contribution in [0.1, 0.15) is 95.9 Å². The molecule has 190 valence electrons. The summed E-state index contributed by atoms with van der Waals surface area (Å²) in [4.78, 5) is 2.66. The number of allylic oxidation sites excluding steroid dienone is 4. The van der Waals surface area contributed by atoms with Gasteiger partial charge in [0.2, 0.25) is 0 Å². The molecule has 3 aliphatic carbocycles. The quantitative estimate of drug-likeness (QED) is 0.334. The molecular formula is C36H41N. The Morgan fingerprint density at radius 2 is 1.41 bits per heavy atom. The molecule has 0 aliphatic heterocycles. The Morgan fingerprint density at radius 3 is 2.11 bits per heavy atom. The normalized spacial score (nSPS) is 18.8. The zero-order chi connectivity index (χ0) is 25.9. The Kier molecular flexibility index (Phi) is 5.75. The molecule has 6 rings (SSSR count). The minimum Gasteiger partial charge on any atom is -0.338 e. The number of fused-ring (bicyclic) bond motifs is 5. The van der Waals surface area contributed by atoms with Crippen molar-refractivity contribution < 1.29 is 0 Å². The van der Waals surface area contributed by atoms with Crippen molar-refractivity contribution in [2.24, 2.45) is 0 Å². The zero-order valence-electron chi connectivity index (χ0n) is 23.5. The van der Waals surface area contributed by atoms with Crippen molar-refractivity contribution in [3.63, 3.8) is 0 Å². The van der Waals surface area contributed by atoms with Gasteiger partial charge in [0.25, 0.3) is 0 Å². The third kappa shape index (κ3) is 3.57. The van der Waals surface area contributed by atoms with Gasteiger partial charge >= 0.3 is 0 Å². The SMILES string of the molecule is CCCC(CC)N(c1ccc2c(c1)C(C)(C)C1=C2C=CCC1)c1ccc2c(c1)C(C)(C)c1ccccc1-2. The van der Waals surface area contributed by atoms with E-state index >= 15 is 0 Å². The van der Waals surface area contributed by atoms with Crippen LogP contribution < -0.4 is 4.90 Å². The molecule has 0 aromatic heterocycles. The summed E-state index contributed by atoms with van der Waals surface area (Å²) < 4.78 is 0. The molecule has 0 heterocycles. The number of hydrogen-bond donors (Lipinski definition) is 0. The maximum Gasteiger partial charge on any atom is 0.0416 e.